The summed E-state index contributed by atoms with van der Waals surface area (Å²) in [5.41, 5.74) is 3.06. The third-order valence-electron chi connectivity index (χ3n) is 3.23. The summed E-state index contributed by atoms with van der Waals surface area (Å²) in [6, 6.07) is 15.8. The smallest absolute Gasteiger partial charge is 0.136 e. The van der Waals surface area contributed by atoms with Gasteiger partial charge in [0.05, 0.1) is 5.52 Å². The fourth-order valence-electron chi connectivity index (χ4n) is 2.12. The van der Waals surface area contributed by atoms with Crippen molar-refractivity contribution in [3.05, 3.63) is 65.9 Å². The summed E-state index contributed by atoms with van der Waals surface area (Å²) >= 11 is 5.88. The van der Waals surface area contributed by atoms with Crippen LogP contribution in [0.25, 0.3) is 10.9 Å². The van der Waals surface area contributed by atoms with Crippen molar-refractivity contribution in [3.8, 4) is 11.5 Å². The molecule has 0 amide bonds. The van der Waals surface area contributed by atoms with E-state index >= 15 is 0 Å². The Balaban J connectivity index is 2.05. The first-order valence-electron chi connectivity index (χ1n) is 6.45. The van der Waals surface area contributed by atoms with E-state index in [4.69, 9.17) is 16.3 Å². The number of nitrogens with zero attached hydrogens (tertiary/aromatic N) is 1. The molecule has 0 atom stereocenters. The standard InChI is InChI=1S/C17H14ClNO/c1-12-7-8-13(11-18)10-17(12)20-16-6-2-5-15-14(16)4-3-9-19-15/h2-10H,11H2,1H3. The molecular formula is C17H14ClNO. The highest BCUT2D eigenvalue weighted by atomic mass is 35.5. The van der Waals surface area contributed by atoms with Gasteiger partial charge in [-0.15, -0.1) is 11.6 Å². The molecule has 2 nitrogen and oxygen atoms in total. The fraction of sp³-hybridized carbons (Fsp3) is 0.118. The molecule has 2 aromatic carbocycles. The Labute approximate surface area is 123 Å². The Hall–Kier alpha value is -2.06. The second-order valence-corrected chi connectivity index (χ2v) is 4.93. The van der Waals surface area contributed by atoms with Crippen molar-refractivity contribution in [2.75, 3.05) is 0 Å². The van der Waals surface area contributed by atoms with Crippen molar-refractivity contribution in [2.24, 2.45) is 0 Å². The molecule has 3 heteroatoms. The molecule has 20 heavy (non-hydrogen) atoms. The van der Waals surface area contributed by atoms with Gasteiger partial charge in [-0.2, -0.15) is 0 Å². The van der Waals surface area contributed by atoms with E-state index in [1.165, 1.54) is 0 Å². The fourth-order valence-corrected chi connectivity index (χ4v) is 2.29. The zero-order chi connectivity index (χ0) is 13.9. The quantitative estimate of drug-likeness (QED) is 0.626. The van der Waals surface area contributed by atoms with Crippen LogP contribution in [-0.4, -0.2) is 4.98 Å². The molecule has 1 heterocycles. The molecule has 3 aromatic rings. The van der Waals surface area contributed by atoms with Crippen molar-refractivity contribution >= 4 is 22.5 Å². The summed E-state index contributed by atoms with van der Waals surface area (Å²) in [5, 5.41) is 1.01. The van der Waals surface area contributed by atoms with E-state index in [0.717, 1.165) is 33.5 Å². The van der Waals surface area contributed by atoms with Crippen molar-refractivity contribution in [2.45, 2.75) is 12.8 Å². The Morgan fingerprint density at radius 2 is 1.95 bits per heavy atom. The molecule has 0 saturated heterocycles. The van der Waals surface area contributed by atoms with Gasteiger partial charge in [-0.25, -0.2) is 0 Å². The summed E-state index contributed by atoms with van der Waals surface area (Å²) in [4.78, 5) is 4.34. The maximum absolute atomic E-state index is 6.07. The first-order valence-corrected chi connectivity index (χ1v) is 6.98. The molecule has 0 fully saturated rings. The molecule has 1 aromatic heterocycles. The van der Waals surface area contributed by atoms with Gasteiger partial charge in [0.25, 0.3) is 0 Å². The molecular weight excluding hydrogens is 270 g/mol. The summed E-state index contributed by atoms with van der Waals surface area (Å²) in [7, 11) is 0. The topological polar surface area (TPSA) is 22.1 Å². The third kappa shape index (κ3) is 2.47. The van der Waals surface area contributed by atoms with Gasteiger partial charge in [-0.05, 0) is 48.4 Å². The van der Waals surface area contributed by atoms with Gasteiger partial charge >= 0.3 is 0 Å². The highest BCUT2D eigenvalue weighted by Gasteiger charge is 2.06. The molecule has 0 aliphatic rings. The zero-order valence-corrected chi connectivity index (χ0v) is 11.9. The molecule has 0 spiro atoms. The van der Waals surface area contributed by atoms with Crippen LogP contribution in [-0.2, 0) is 5.88 Å². The van der Waals surface area contributed by atoms with Crippen molar-refractivity contribution in [1.82, 2.24) is 4.98 Å². The molecule has 0 aliphatic carbocycles. The summed E-state index contributed by atoms with van der Waals surface area (Å²) in [5.74, 6) is 2.12. The summed E-state index contributed by atoms with van der Waals surface area (Å²) in [6.45, 7) is 2.02. The van der Waals surface area contributed by atoms with Crippen LogP contribution in [0.1, 0.15) is 11.1 Å². The number of fused-ring (bicyclic) bond motifs is 1. The lowest BCUT2D eigenvalue weighted by atomic mass is 10.1. The monoisotopic (exact) mass is 283 g/mol. The number of pyridine rings is 1. The number of ether oxygens (including phenoxy) is 1. The van der Waals surface area contributed by atoms with Crippen LogP contribution in [0.15, 0.2) is 54.7 Å². The third-order valence-corrected chi connectivity index (χ3v) is 3.54. The predicted octanol–water partition coefficient (Wildman–Crippen LogP) is 5.07. The van der Waals surface area contributed by atoms with E-state index in [-0.39, 0.29) is 0 Å². The minimum absolute atomic E-state index is 0.480. The van der Waals surface area contributed by atoms with Crippen LogP contribution in [0.5, 0.6) is 11.5 Å². The predicted molar refractivity (Wildman–Crippen MR) is 82.6 cm³/mol. The second kappa shape index (κ2) is 5.51. The molecule has 0 unspecified atom stereocenters. The SMILES string of the molecule is Cc1ccc(CCl)cc1Oc1cccc2ncccc12. The number of alkyl halides is 1. The number of aryl methyl sites for hydroxylation is 1. The minimum atomic E-state index is 0.480. The molecule has 3 rings (SSSR count). The van der Waals surface area contributed by atoms with Gasteiger partial charge in [-0.3, -0.25) is 4.98 Å². The summed E-state index contributed by atoms with van der Waals surface area (Å²) in [6.07, 6.45) is 1.78. The number of hydrogen-bond donors (Lipinski definition) is 0. The molecule has 0 N–H and O–H groups in total. The number of halogens is 1. The van der Waals surface area contributed by atoms with Gasteiger partial charge in [-0.1, -0.05) is 18.2 Å². The van der Waals surface area contributed by atoms with Crippen LogP contribution in [0, 0.1) is 6.92 Å². The maximum Gasteiger partial charge on any atom is 0.136 e. The van der Waals surface area contributed by atoms with E-state index in [1.54, 1.807) is 6.20 Å². The van der Waals surface area contributed by atoms with E-state index in [1.807, 2.05) is 55.5 Å². The maximum atomic E-state index is 6.07. The highest BCUT2D eigenvalue weighted by Crippen LogP contribution is 2.31. The van der Waals surface area contributed by atoms with Gasteiger partial charge in [0.15, 0.2) is 0 Å². The van der Waals surface area contributed by atoms with E-state index in [2.05, 4.69) is 4.98 Å². The molecule has 0 radical (unpaired) electrons. The Morgan fingerprint density at radius 1 is 1.05 bits per heavy atom. The summed E-state index contributed by atoms with van der Waals surface area (Å²) < 4.78 is 6.07. The largest absolute Gasteiger partial charge is 0.456 e. The van der Waals surface area contributed by atoms with Gasteiger partial charge in [0.2, 0.25) is 0 Å². The Bertz CT molecular complexity index is 750. The molecule has 100 valence electrons. The first kappa shape index (κ1) is 12.9. The van der Waals surface area contributed by atoms with E-state index in [0.29, 0.717) is 5.88 Å². The van der Waals surface area contributed by atoms with Crippen LogP contribution in [0.3, 0.4) is 0 Å². The van der Waals surface area contributed by atoms with Crippen LogP contribution in [0.4, 0.5) is 0 Å². The van der Waals surface area contributed by atoms with Crippen molar-refractivity contribution < 1.29 is 4.74 Å². The normalized spacial score (nSPS) is 10.7. The average molecular weight is 284 g/mol. The number of rotatable bonds is 3. The lowest BCUT2D eigenvalue weighted by Gasteiger charge is -2.11. The van der Waals surface area contributed by atoms with Crippen LogP contribution >= 0.6 is 11.6 Å². The number of hydrogen-bond acceptors (Lipinski definition) is 2. The van der Waals surface area contributed by atoms with Crippen molar-refractivity contribution in [1.29, 1.82) is 0 Å². The molecule has 0 aliphatic heterocycles. The highest BCUT2D eigenvalue weighted by molar-refractivity contribution is 6.17. The van der Waals surface area contributed by atoms with Crippen molar-refractivity contribution in [3.63, 3.8) is 0 Å². The molecule has 0 saturated carbocycles. The number of aromatic nitrogens is 1. The van der Waals surface area contributed by atoms with Gasteiger partial charge < -0.3 is 4.74 Å². The van der Waals surface area contributed by atoms with Crippen LogP contribution in [0.2, 0.25) is 0 Å². The van der Waals surface area contributed by atoms with Gasteiger partial charge in [0.1, 0.15) is 11.5 Å². The lowest BCUT2D eigenvalue weighted by molar-refractivity contribution is 0.484. The van der Waals surface area contributed by atoms with E-state index in [9.17, 15) is 0 Å². The second-order valence-electron chi connectivity index (χ2n) is 4.66. The average Bonchev–Trinajstić information content (AvgIpc) is 2.50. The Morgan fingerprint density at radius 3 is 2.80 bits per heavy atom. The first-order chi connectivity index (χ1) is 9.78. The Kier molecular flexibility index (Phi) is 3.57. The minimum Gasteiger partial charge on any atom is -0.456 e. The lowest BCUT2D eigenvalue weighted by Crippen LogP contribution is -1.91. The van der Waals surface area contributed by atoms with Gasteiger partial charge in [0, 0.05) is 17.5 Å². The van der Waals surface area contributed by atoms with Crippen LogP contribution < -0.4 is 4.74 Å². The molecule has 0 bridgehead atoms. The number of benzene rings is 2. The van der Waals surface area contributed by atoms with E-state index < -0.39 is 0 Å². The zero-order valence-electron chi connectivity index (χ0n) is 11.1.